The fraction of sp³-hybridized carbons (Fsp3) is 0.267. The summed E-state index contributed by atoms with van der Waals surface area (Å²) in [5.74, 6) is -0.936. The molecule has 1 fully saturated rings. The molecule has 4 aromatic rings. The molecule has 0 unspecified atom stereocenters. The van der Waals surface area contributed by atoms with Crippen LogP contribution in [0.4, 0.5) is 13.2 Å². The number of sulfonamides is 1. The Morgan fingerprint density at radius 3 is 1.89 bits per heavy atom. The molecular weight excluding hydrogens is 642 g/mol. The topological polar surface area (TPSA) is 113 Å². The third kappa shape index (κ3) is 5.39. The van der Waals surface area contributed by atoms with Gasteiger partial charge in [0.2, 0.25) is 0 Å². The van der Waals surface area contributed by atoms with Gasteiger partial charge in [0, 0.05) is 34.7 Å². The normalized spacial score (nSPS) is 15.5. The number of rotatable bonds is 8. The number of alkyl halides is 3. The van der Waals surface area contributed by atoms with E-state index in [-0.39, 0.29) is 24.2 Å². The maximum absolute atomic E-state index is 13.4. The molecule has 1 saturated heterocycles. The number of halogens is 5. The molecule has 44 heavy (non-hydrogen) atoms. The Labute approximate surface area is 261 Å². The largest absolute Gasteiger partial charge is 0.511 e. The molecule has 0 amide bonds. The van der Waals surface area contributed by atoms with Crippen molar-refractivity contribution < 1.29 is 36.6 Å². The monoisotopic (exact) mass is 667 g/mol. The van der Waals surface area contributed by atoms with Gasteiger partial charge in [-0.2, -0.15) is 17.5 Å². The number of hydrogen-bond acceptors (Lipinski definition) is 5. The fourth-order valence-electron chi connectivity index (χ4n) is 5.77. The molecule has 232 valence electrons. The first kappa shape index (κ1) is 32.0. The molecular formula is C30H26Cl2F3N3O5S. The molecule has 0 aliphatic carbocycles. The predicted molar refractivity (Wildman–Crippen MR) is 161 cm³/mol. The van der Waals surface area contributed by atoms with Gasteiger partial charge >= 0.3 is 21.5 Å². The van der Waals surface area contributed by atoms with Crippen LogP contribution in [0.3, 0.4) is 0 Å². The van der Waals surface area contributed by atoms with Gasteiger partial charge in [-0.15, -0.1) is 0 Å². The summed E-state index contributed by atoms with van der Waals surface area (Å²) in [7, 11) is -5.50. The van der Waals surface area contributed by atoms with Gasteiger partial charge < -0.3 is 14.8 Å². The van der Waals surface area contributed by atoms with Crippen molar-refractivity contribution in [3.05, 3.63) is 106 Å². The van der Waals surface area contributed by atoms with Crippen LogP contribution in [0, 0.1) is 0 Å². The molecule has 1 aliphatic rings. The Bertz CT molecular complexity index is 1790. The quantitative estimate of drug-likeness (QED) is 0.215. The predicted octanol–water partition coefficient (Wildman–Crippen LogP) is 6.25. The summed E-state index contributed by atoms with van der Waals surface area (Å²) in [6.45, 7) is 2.62. The molecule has 8 nitrogen and oxygen atoms in total. The minimum Gasteiger partial charge on any atom is -0.480 e. The molecule has 5 rings (SSSR count). The fourth-order valence-corrected chi connectivity index (χ4v) is 7.01. The number of imidazole rings is 1. The van der Waals surface area contributed by atoms with Crippen LogP contribution in [0.5, 0.6) is 0 Å². The lowest BCUT2D eigenvalue weighted by Crippen LogP contribution is -2.45. The van der Waals surface area contributed by atoms with E-state index in [9.17, 15) is 36.6 Å². The molecule has 1 aromatic heterocycles. The highest BCUT2D eigenvalue weighted by molar-refractivity contribution is 7.90. The number of carboxylic acid groups (broad SMARTS) is 1. The van der Waals surface area contributed by atoms with Gasteiger partial charge in [-0.05, 0) is 65.9 Å². The van der Waals surface area contributed by atoms with Gasteiger partial charge in [0.15, 0.2) is 0 Å². The molecule has 2 N–H and O–H groups in total. The number of carbonyl (C=O) groups is 1. The van der Waals surface area contributed by atoms with Crippen molar-refractivity contribution in [2.45, 2.75) is 29.8 Å². The zero-order valence-corrected chi connectivity index (χ0v) is 25.3. The van der Waals surface area contributed by atoms with Gasteiger partial charge in [0.05, 0.1) is 17.6 Å². The molecule has 2 heterocycles. The SMILES string of the molecule is C=C(CO)c1nc2ccc(C(C(=O)O)(c3ccc(Cl)cc3)c3ccc(Cl)cc3)cc2n1C1CCN(S(=O)(=O)C(F)(F)F)CC1. The summed E-state index contributed by atoms with van der Waals surface area (Å²) in [5.41, 5.74) is -4.95. The maximum atomic E-state index is 13.4. The number of aromatic nitrogens is 2. The van der Waals surface area contributed by atoms with E-state index >= 15 is 0 Å². The van der Waals surface area contributed by atoms with Crippen molar-refractivity contribution in [1.29, 1.82) is 0 Å². The smallest absolute Gasteiger partial charge is 0.480 e. The molecule has 0 spiro atoms. The van der Waals surface area contributed by atoms with Crippen LogP contribution >= 0.6 is 23.2 Å². The second kappa shape index (κ2) is 11.8. The highest BCUT2D eigenvalue weighted by Gasteiger charge is 2.51. The molecule has 0 saturated carbocycles. The van der Waals surface area contributed by atoms with Gasteiger partial charge in [0.1, 0.15) is 11.2 Å². The van der Waals surface area contributed by atoms with Crippen LogP contribution in [-0.2, 0) is 20.2 Å². The number of aliphatic carboxylic acids is 1. The Morgan fingerprint density at radius 1 is 0.932 bits per heavy atom. The number of nitrogens with zero attached hydrogens (tertiary/aromatic N) is 3. The third-order valence-corrected chi connectivity index (χ3v) is 10.1. The van der Waals surface area contributed by atoms with E-state index in [1.54, 1.807) is 71.3 Å². The zero-order chi connectivity index (χ0) is 32.0. The van der Waals surface area contributed by atoms with Gasteiger partial charge in [-0.3, -0.25) is 4.79 Å². The number of aliphatic hydroxyl groups is 1. The summed E-state index contributed by atoms with van der Waals surface area (Å²) in [4.78, 5) is 18.0. The first-order valence-electron chi connectivity index (χ1n) is 13.3. The molecule has 0 radical (unpaired) electrons. The van der Waals surface area contributed by atoms with E-state index in [1.807, 2.05) is 0 Å². The number of carboxylic acids is 1. The first-order chi connectivity index (χ1) is 20.7. The minimum absolute atomic E-state index is 0.00908. The van der Waals surface area contributed by atoms with E-state index in [0.717, 1.165) is 0 Å². The van der Waals surface area contributed by atoms with Crippen molar-refractivity contribution >= 4 is 55.8 Å². The lowest BCUT2D eigenvalue weighted by Gasteiger charge is -2.34. The average Bonchev–Trinajstić information content (AvgIpc) is 3.37. The van der Waals surface area contributed by atoms with Crippen LogP contribution in [0.25, 0.3) is 16.6 Å². The van der Waals surface area contributed by atoms with Crippen LogP contribution in [0.2, 0.25) is 10.0 Å². The summed E-state index contributed by atoms with van der Waals surface area (Å²) in [6.07, 6.45) is 0.0182. The Kier molecular flexibility index (Phi) is 8.60. The van der Waals surface area contributed by atoms with Gasteiger partial charge in [-0.1, -0.05) is 60.1 Å². The van der Waals surface area contributed by atoms with Crippen molar-refractivity contribution in [3.8, 4) is 0 Å². The Balaban J connectivity index is 1.70. The second-order valence-corrected chi connectivity index (χ2v) is 13.2. The van der Waals surface area contributed by atoms with Crippen molar-refractivity contribution in [3.63, 3.8) is 0 Å². The minimum atomic E-state index is -5.50. The molecule has 3 aromatic carbocycles. The van der Waals surface area contributed by atoms with Crippen molar-refractivity contribution in [1.82, 2.24) is 13.9 Å². The maximum Gasteiger partial charge on any atom is 0.511 e. The number of aliphatic hydroxyl groups excluding tert-OH is 1. The number of benzene rings is 3. The second-order valence-electron chi connectivity index (χ2n) is 10.4. The molecule has 0 bridgehead atoms. The van der Waals surface area contributed by atoms with Crippen LogP contribution < -0.4 is 0 Å². The Hall–Kier alpha value is -3.42. The number of piperidine rings is 1. The standard InChI is InChI=1S/C30H26Cl2F3N3O5S/c1-18(17-39)27-36-25-11-6-21(16-26(25)38(27)24-12-14-37(15-13-24)44(42,43)30(33,34)35)29(28(40)41,19-2-7-22(31)8-3-19)20-4-9-23(32)10-5-20/h2-11,16,24,39H,1,12-15,17H2,(H,40,41). The van der Waals surface area contributed by atoms with Gasteiger partial charge in [0.25, 0.3) is 0 Å². The lowest BCUT2D eigenvalue weighted by molar-refractivity contribution is -0.140. The summed E-state index contributed by atoms with van der Waals surface area (Å²) in [6, 6.07) is 17.2. The van der Waals surface area contributed by atoms with Crippen molar-refractivity contribution in [2.24, 2.45) is 0 Å². The van der Waals surface area contributed by atoms with Crippen LogP contribution in [0.1, 0.15) is 41.4 Å². The third-order valence-electron chi connectivity index (χ3n) is 7.93. The van der Waals surface area contributed by atoms with E-state index < -0.39 is 52.7 Å². The number of hydrogen-bond donors (Lipinski definition) is 2. The van der Waals surface area contributed by atoms with E-state index in [2.05, 4.69) is 11.6 Å². The molecule has 14 heteroatoms. The van der Waals surface area contributed by atoms with E-state index in [4.69, 9.17) is 23.2 Å². The summed E-state index contributed by atoms with van der Waals surface area (Å²) >= 11 is 12.3. The summed E-state index contributed by atoms with van der Waals surface area (Å²) in [5, 5.41) is 21.6. The van der Waals surface area contributed by atoms with E-state index in [0.29, 0.717) is 42.1 Å². The Morgan fingerprint density at radius 2 is 1.43 bits per heavy atom. The zero-order valence-electron chi connectivity index (χ0n) is 22.9. The van der Waals surface area contributed by atoms with Gasteiger partial charge in [-0.25, -0.2) is 13.4 Å². The highest BCUT2D eigenvalue weighted by atomic mass is 35.5. The first-order valence-corrected chi connectivity index (χ1v) is 15.5. The van der Waals surface area contributed by atoms with Crippen LogP contribution in [0.15, 0.2) is 73.3 Å². The summed E-state index contributed by atoms with van der Waals surface area (Å²) < 4.78 is 65.8. The average molecular weight is 669 g/mol. The number of fused-ring (bicyclic) bond motifs is 1. The van der Waals surface area contributed by atoms with E-state index in [1.165, 1.54) is 0 Å². The highest BCUT2D eigenvalue weighted by Crippen LogP contribution is 2.43. The lowest BCUT2D eigenvalue weighted by atomic mass is 9.69. The molecule has 1 aliphatic heterocycles. The molecule has 0 atom stereocenters. The van der Waals surface area contributed by atoms with Crippen LogP contribution in [-0.4, -0.2) is 63.7 Å². The van der Waals surface area contributed by atoms with Crippen molar-refractivity contribution in [2.75, 3.05) is 19.7 Å².